The van der Waals surface area contributed by atoms with Crippen LogP contribution in [0.2, 0.25) is 0 Å². The predicted octanol–water partition coefficient (Wildman–Crippen LogP) is 1.59. The highest BCUT2D eigenvalue weighted by Crippen LogP contribution is 2.34. The van der Waals surface area contributed by atoms with Gasteiger partial charge in [0.1, 0.15) is 10.6 Å². The normalized spacial score (nSPS) is 24.4. The first kappa shape index (κ1) is 13.9. The molecule has 2 aliphatic rings. The first-order valence-electron chi connectivity index (χ1n) is 7.07. The van der Waals surface area contributed by atoms with E-state index in [1.807, 2.05) is 12.1 Å². The fraction of sp³-hybridized carbons (Fsp3) is 0.571. The van der Waals surface area contributed by atoms with E-state index in [9.17, 15) is 8.42 Å². The summed E-state index contributed by atoms with van der Waals surface area (Å²) in [5.41, 5.74) is 0.183. The number of nitrogens with zero attached hydrogens (tertiary/aromatic N) is 1. The van der Waals surface area contributed by atoms with Gasteiger partial charge in [-0.1, -0.05) is 12.1 Å². The number of nitrogens with one attached hydrogen (secondary N) is 2. The molecule has 5 nitrogen and oxygen atoms in total. The van der Waals surface area contributed by atoms with Crippen LogP contribution < -0.4 is 10.0 Å². The van der Waals surface area contributed by atoms with Crippen molar-refractivity contribution >= 4 is 15.7 Å². The van der Waals surface area contributed by atoms with Crippen molar-refractivity contribution in [2.24, 2.45) is 0 Å². The van der Waals surface area contributed by atoms with Gasteiger partial charge in [0.2, 0.25) is 10.0 Å². The minimum atomic E-state index is -3.42. The zero-order chi connectivity index (χ0) is 14.4. The molecule has 2 aliphatic heterocycles. The van der Waals surface area contributed by atoms with Crippen LogP contribution in [0, 0.1) is 0 Å². The second-order valence-corrected chi connectivity index (χ2v) is 7.59. The molecule has 1 spiro atoms. The SMILES string of the molecule is CC(C)N1CCC2(CC1)Nc1ccccc1S(=O)(=O)N2. The summed E-state index contributed by atoms with van der Waals surface area (Å²) in [6.07, 6.45) is 1.55. The van der Waals surface area contributed by atoms with Crippen molar-refractivity contribution in [1.29, 1.82) is 0 Å². The van der Waals surface area contributed by atoms with E-state index < -0.39 is 15.7 Å². The Morgan fingerprint density at radius 1 is 1.20 bits per heavy atom. The van der Waals surface area contributed by atoms with E-state index in [4.69, 9.17) is 0 Å². The molecule has 1 fully saturated rings. The van der Waals surface area contributed by atoms with Crippen LogP contribution in [0.15, 0.2) is 29.2 Å². The molecule has 0 aromatic heterocycles. The Balaban J connectivity index is 1.89. The number of para-hydroxylation sites is 1. The van der Waals surface area contributed by atoms with E-state index >= 15 is 0 Å². The van der Waals surface area contributed by atoms with Crippen molar-refractivity contribution < 1.29 is 8.42 Å². The summed E-state index contributed by atoms with van der Waals surface area (Å²) < 4.78 is 27.7. The molecule has 1 saturated heterocycles. The maximum atomic E-state index is 12.4. The van der Waals surface area contributed by atoms with Crippen LogP contribution in [0.5, 0.6) is 0 Å². The van der Waals surface area contributed by atoms with Crippen molar-refractivity contribution in [1.82, 2.24) is 9.62 Å². The van der Waals surface area contributed by atoms with Gasteiger partial charge in [0, 0.05) is 19.1 Å². The molecule has 1 aromatic rings. The van der Waals surface area contributed by atoms with Crippen LogP contribution in [-0.2, 0) is 10.0 Å². The zero-order valence-corrected chi connectivity index (χ0v) is 12.7. The van der Waals surface area contributed by atoms with Crippen LogP contribution in [0.3, 0.4) is 0 Å². The monoisotopic (exact) mass is 295 g/mol. The molecular weight excluding hydrogens is 274 g/mol. The minimum Gasteiger partial charge on any atom is -0.365 e. The number of anilines is 1. The summed E-state index contributed by atoms with van der Waals surface area (Å²) in [6.45, 7) is 6.14. The Labute approximate surface area is 120 Å². The van der Waals surface area contributed by atoms with Crippen LogP contribution in [-0.4, -0.2) is 38.1 Å². The van der Waals surface area contributed by atoms with E-state index in [0.717, 1.165) is 25.9 Å². The number of benzene rings is 1. The molecule has 0 atom stereocenters. The van der Waals surface area contributed by atoms with Gasteiger partial charge in [-0.2, -0.15) is 4.72 Å². The Hall–Kier alpha value is -1.11. The van der Waals surface area contributed by atoms with Gasteiger partial charge < -0.3 is 10.2 Å². The summed E-state index contributed by atoms with van der Waals surface area (Å²) >= 11 is 0. The van der Waals surface area contributed by atoms with E-state index in [1.54, 1.807) is 12.1 Å². The highest BCUT2D eigenvalue weighted by molar-refractivity contribution is 7.89. The first-order valence-corrected chi connectivity index (χ1v) is 8.55. The second-order valence-electron chi connectivity index (χ2n) is 5.94. The van der Waals surface area contributed by atoms with E-state index in [2.05, 4.69) is 28.8 Å². The number of likely N-dealkylation sites (tertiary alicyclic amines) is 1. The van der Waals surface area contributed by atoms with Crippen molar-refractivity contribution in [3.63, 3.8) is 0 Å². The van der Waals surface area contributed by atoms with E-state index in [0.29, 0.717) is 16.6 Å². The van der Waals surface area contributed by atoms with Gasteiger partial charge in [0.05, 0.1) is 5.69 Å². The average molecular weight is 295 g/mol. The maximum Gasteiger partial charge on any atom is 0.244 e. The van der Waals surface area contributed by atoms with Gasteiger partial charge in [0.25, 0.3) is 0 Å². The third-order valence-electron chi connectivity index (χ3n) is 4.26. The summed E-state index contributed by atoms with van der Waals surface area (Å²) in [6, 6.07) is 7.59. The predicted molar refractivity (Wildman–Crippen MR) is 79.1 cm³/mol. The van der Waals surface area contributed by atoms with Crippen molar-refractivity contribution in [3.8, 4) is 0 Å². The van der Waals surface area contributed by atoms with Crippen LogP contribution in [0.4, 0.5) is 5.69 Å². The molecule has 1 aromatic carbocycles. The Bertz CT molecular complexity index is 605. The Morgan fingerprint density at radius 3 is 2.50 bits per heavy atom. The van der Waals surface area contributed by atoms with Gasteiger partial charge in [-0.25, -0.2) is 8.42 Å². The third-order valence-corrected chi connectivity index (χ3v) is 5.86. The van der Waals surface area contributed by atoms with Crippen LogP contribution in [0.1, 0.15) is 26.7 Å². The fourth-order valence-corrected chi connectivity index (χ4v) is 4.59. The van der Waals surface area contributed by atoms with E-state index in [-0.39, 0.29) is 0 Å². The molecular formula is C14H21N3O2S. The number of fused-ring (bicyclic) bond motifs is 1. The Kier molecular flexibility index (Phi) is 3.27. The molecule has 6 heteroatoms. The van der Waals surface area contributed by atoms with Crippen LogP contribution in [0.25, 0.3) is 0 Å². The largest absolute Gasteiger partial charge is 0.365 e. The van der Waals surface area contributed by atoms with E-state index in [1.165, 1.54) is 0 Å². The lowest BCUT2D eigenvalue weighted by atomic mass is 9.96. The van der Waals surface area contributed by atoms with Gasteiger partial charge >= 0.3 is 0 Å². The summed E-state index contributed by atoms with van der Waals surface area (Å²) in [7, 11) is -3.42. The third kappa shape index (κ3) is 2.32. The lowest BCUT2D eigenvalue weighted by molar-refractivity contribution is 0.135. The first-order chi connectivity index (χ1) is 9.42. The highest BCUT2D eigenvalue weighted by Gasteiger charge is 2.43. The summed E-state index contributed by atoms with van der Waals surface area (Å²) in [5.74, 6) is 0. The Morgan fingerprint density at radius 2 is 1.85 bits per heavy atom. The molecule has 20 heavy (non-hydrogen) atoms. The molecule has 110 valence electrons. The molecule has 0 aliphatic carbocycles. The average Bonchev–Trinajstić information content (AvgIpc) is 2.38. The van der Waals surface area contributed by atoms with Crippen molar-refractivity contribution in [2.75, 3.05) is 18.4 Å². The standard InChI is InChI=1S/C14H21N3O2S/c1-11(2)17-9-7-14(8-10-17)15-12-5-3-4-6-13(12)20(18,19)16-14/h3-6,11,15-16H,7-10H2,1-2H3. The second kappa shape index (κ2) is 4.72. The van der Waals surface area contributed by atoms with Gasteiger partial charge in [0.15, 0.2) is 0 Å². The van der Waals surface area contributed by atoms with Crippen molar-refractivity contribution in [2.45, 2.75) is 43.3 Å². The van der Waals surface area contributed by atoms with Gasteiger partial charge in [-0.3, -0.25) is 0 Å². The smallest absolute Gasteiger partial charge is 0.244 e. The number of hydrogen-bond donors (Lipinski definition) is 2. The number of sulfonamides is 1. The molecule has 0 amide bonds. The highest BCUT2D eigenvalue weighted by atomic mass is 32.2. The molecule has 0 saturated carbocycles. The zero-order valence-electron chi connectivity index (χ0n) is 11.9. The molecule has 0 radical (unpaired) electrons. The summed E-state index contributed by atoms with van der Waals surface area (Å²) in [5, 5.41) is 3.41. The maximum absolute atomic E-state index is 12.4. The number of hydrogen-bond acceptors (Lipinski definition) is 4. The minimum absolute atomic E-state index is 0.344. The number of piperidine rings is 1. The van der Waals surface area contributed by atoms with Crippen LogP contribution >= 0.6 is 0 Å². The molecule has 0 unspecified atom stereocenters. The molecule has 0 bridgehead atoms. The quantitative estimate of drug-likeness (QED) is 0.826. The molecule has 3 rings (SSSR count). The molecule has 2 heterocycles. The van der Waals surface area contributed by atoms with Gasteiger partial charge in [-0.05, 0) is 38.8 Å². The topological polar surface area (TPSA) is 61.4 Å². The van der Waals surface area contributed by atoms with Gasteiger partial charge in [-0.15, -0.1) is 0 Å². The lowest BCUT2D eigenvalue weighted by Crippen LogP contribution is -2.62. The number of rotatable bonds is 1. The summed E-state index contributed by atoms with van der Waals surface area (Å²) in [4.78, 5) is 2.72. The lowest BCUT2D eigenvalue weighted by Gasteiger charge is -2.46. The van der Waals surface area contributed by atoms with Crippen molar-refractivity contribution in [3.05, 3.63) is 24.3 Å². The fourth-order valence-electron chi connectivity index (χ4n) is 3.05. The molecule has 2 N–H and O–H groups in total.